The number of esters is 1. The lowest BCUT2D eigenvalue weighted by Crippen LogP contribution is -2.31. The summed E-state index contributed by atoms with van der Waals surface area (Å²) in [5.74, 6) is -1.96. The monoisotopic (exact) mass is 599 g/mol. The molecule has 9 nitrogen and oxygen atoms in total. The lowest BCUT2D eigenvalue weighted by Gasteiger charge is -2.27. The zero-order valence-corrected chi connectivity index (χ0v) is 23.4. The van der Waals surface area contributed by atoms with Crippen LogP contribution in [0.3, 0.4) is 0 Å². The summed E-state index contributed by atoms with van der Waals surface area (Å²) in [7, 11) is 1.30. The number of benzene rings is 2. The molecule has 3 aromatic heterocycles. The van der Waals surface area contributed by atoms with E-state index in [1.807, 2.05) is 4.57 Å². The van der Waals surface area contributed by atoms with Crippen LogP contribution in [0.15, 0.2) is 60.8 Å². The molecule has 4 heterocycles. The number of hydrogen-bond donors (Lipinski definition) is 0. The molecule has 1 saturated heterocycles. The second-order valence-corrected chi connectivity index (χ2v) is 10.1. The summed E-state index contributed by atoms with van der Waals surface area (Å²) in [5, 5.41) is 8.85. The quantitative estimate of drug-likeness (QED) is 0.204. The van der Waals surface area contributed by atoms with E-state index in [2.05, 4.69) is 15.0 Å². The summed E-state index contributed by atoms with van der Waals surface area (Å²) >= 11 is 0. The van der Waals surface area contributed by atoms with Gasteiger partial charge >= 0.3 is 5.97 Å². The zero-order valence-electron chi connectivity index (χ0n) is 23.4. The predicted molar refractivity (Wildman–Crippen MR) is 151 cm³/mol. The molecule has 44 heavy (non-hydrogen) atoms. The Labute approximate surface area is 249 Å². The first-order valence-electron chi connectivity index (χ1n) is 13.6. The number of nitrogens with zero attached hydrogens (tertiary/aromatic N) is 5. The summed E-state index contributed by atoms with van der Waals surface area (Å²) < 4.78 is 63.0. The number of methoxy groups -OCH3 is 1. The summed E-state index contributed by atoms with van der Waals surface area (Å²) in [6, 6.07) is 14.5. The van der Waals surface area contributed by atoms with Crippen molar-refractivity contribution in [3.05, 3.63) is 106 Å². The van der Waals surface area contributed by atoms with Crippen LogP contribution < -0.4 is 4.74 Å². The molecule has 2 aromatic carbocycles. The molecule has 1 fully saturated rings. The van der Waals surface area contributed by atoms with E-state index in [9.17, 15) is 9.18 Å². The van der Waals surface area contributed by atoms with Gasteiger partial charge in [0.2, 0.25) is 5.88 Å². The number of aromatic nitrogens is 4. The van der Waals surface area contributed by atoms with Gasteiger partial charge in [0.25, 0.3) is 0 Å². The predicted octanol–water partition coefficient (Wildman–Crippen LogP) is 5.53. The lowest BCUT2D eigenvalue weighted by atomic mass is 10.0. The average molecular weight is 600 g/mol. The first kappa shape index (κ1) is 28.8. The minimum Gasteiger partial charge on any atom is -0.473 e. The number of ether oxygens (including phenoxy) is 3. The Balaban J connectivity index is 1.26. The Morgan fingerprint density at radius 1 is 1.07 bits per heavy atom. The number of nitriles is 1. The third kappa shape index (κ3) is 5.82. The van der Waals surface area contributed by atoms with Crippen molar-refractivity contribution >= 4 is 17.0 Å². The van der Waals surface area contributed by atoms with Gasteiger partial charge in [0.1, 0.15) is 41.6 Å². The van der Waals surface area contributed by atoms with Crippen molar-refractivity contribution in [1.29, 1.82) is 5.26 Å². The molecule has 1 aliphatic rings. The Hall–Kier alpha value is -5.28. The molecule has 222 valence electrons. The summed E-state index contributed by atoms with van der Waals surface area (Å²) in [6.07, 6.45) is 1.97. The summed E-state index contributed by atoms with van der Waals surface area (Å²) in [4.78, 5) is 24.9. The number of carbonyl (C=O) groups is 1. The van der Waals surface area contributed by atoms with Crippen LogP contribution in [0.5, 0.6) is 5.88 Å². The van der Waals surface area contributed by atoms with Crippen molar-refractivity contribution in [2.75, 3.05) is 13.7 Å². The molecule has 0 radical (unpaired) electrons. The largest absolute Gasteiger partial charge is 0.473 e. The maximum Gasteiger partial charge on any atom is 0.337 e. The third-order valence-electron chi connectivity index (χ3n) is 7.33. The Kier molecular flexibility index (Phi) is 7.95. The van der Waals surface area contributed by atoms with Gasteiger partial charge in [0.15, 0.2) is 0 Å². The van der Waals surface area contributed by atoms with E-state index >= 15 is 8.78 Å². The van der Waals surface area contributed by atoms with Crippen molar-refractivity contribution in [3.63, 3.8) is 0 Å². The molecule has 0 amide bonds. The van der Waals surface area contributed by atoms with Crippen LogP contribution in [0.25, 0.3) is 22.3 Å². The normalized spacial score (nSPS) is 14.2. The average Bonchev–Trinajstić information content (AvgIpc) is 3.35. The number of pyridine rings is 2. The first-order chi connectivity index (χ1) is 21.3. The van der Waals surface area contributed by atoms with Crippen LogP contribution in [-0.2, 0) is 29.0 Å². The molecule has 1 atom stereocenters. The van der Waals surface area contributed by atoms with Gasteiger partial charge in [-0.3, -0.25) is 0 Å². The SMILES string of the molecule is COC(=O)c1ccc2nc(Cc3cc(F)c(-c4cccc(OCc5cnc(C#N)cc5F)n4)cc3F)n(C[C@@H]3CCO3)c2c1. The van der Waals surface area contributed by atoms with Gasteiger partial charge in [-0.25, -0.2) is 32.9 Å². The van der Waals surface area contributed by atoms with Crippen molar-refractivity contribution in [1.82, 2.24) is 19.5 Å². The fourth-order valence-corrected chi connectivity index (χ4v) is 4.90. The van der Waals surface area contributed by atoms with Gasteiger partial charge in [-0.15, -0.1) is 0 Å². The van der Waals surface area contributed by atoms with Crippen molar-refractivity contribution in [3.8, 4) is 23.2 Å². The van der Waals surface area contributed by atoms with Crippen molar-refractivity contribution < 1.29 is 32.2 Å². The number of fused-ring (bicyclic) bond motifs is 1. The topological polar surface area (TPSA) is 112 Å². The molecule has 12 heteroatoms. The number of hydrogen-bond acceptors (Lipinski definition) is 8. The van der Waals surface area contributed by atoms with Crippen molar-refractivity contribution in [2.24, 2.45) is 0 Å². The molecule has 0 spiro atoms. The van der Waals surface area contributed by atoms with E-state index in [0.717, 1.165) is 24.6 Å². The highest BCUT2D eigenvalue weighted by Gasteiger charge is 2.24. The van der Waals surface area contributed by atoms with Crippen LogP contribution in [0.2, 0.25) is 0 Å². The van der Waals surface area contributed by atoms with Gasteiger partial charge in [-0.1, -0.05) is 6.07 Å². The van der Waals surface area contributed by atoms with Crippen LogP contribution >= 0.6 is 0 Å². The second-order valence-electron chi connectivity index (χ2n) is 10.1. The highest BCUT2D eigenvalue weighted by Crippen LogP contribution is 2.29. The number of imidazole rings is 1. The molecule has 0 bridgehead atoms. The second kappa shape index (κ2) is 12.1. The molecule has 0 unspecified atom stereocenters. The van der Waals surface area contributed by atoms with E-state index < -0.39 is 23.4 Å². The number of carbonyl (C=O) groups excluding carboxylic acids is 1. The van der Waals surface area contributed by atoms with Crippen LogP contribution in [-0.4, -0.2) is 45.3 Å². The number of halogens is 3. The maximum absolute atomic E-state index is 15.5. The van der Waals surface area contributed by atoms with Gasteiger partial charge in [-0.2, -0.15) is 5.26 Å². The molecule has 5 aromatic rings. The molecule has 1 aliphatic heterocycles. The molecule has 0 N–H and O–H groups in total. The highest BCUT2D eigenvalue weighted by atomic mass is 19.1. The zero-order chi connectivity index (χ0) is 30.8. The van der Waals surface area contributed by atoms with Gasteiger partial charge in [0.05, 0.1) is 42.0 Å². The highest BCUT2D eigenvalue weighted by molar-refractivity contribution is 5.93. The molecule has 0 aliphatic carbocycles. The van der Waals surface area contributed by atoms with Crippen LogP contribution in [0.1, 0.15) is 39.4 Å². The first-order valence-corrected chi connectivity index (χ1v) is 13.6. The maximum atomic E-state index is 15.5. The summed E-state index contributed by atoms with van der Waals surface area (Å²) in [5.41, 5.74) is 1.77. The summed E-state index contributed by atoms with van der Waals surface area (Å²) in [6.45, 7) is 0.855. The minimum absolute atomic E-state index is 0.0151. The fourth-order valence-electron chi connectivity index (χ4n) is 4.90. The van der Waals surface area contributed by atoms with Gasteiger partial charge in [0, 0.05) is 42.5 Å². The van der Waals surface area contributed by atoms with E-state index in [1.54, 1.807) is 30.3 Å². The number of rotatable bonds is 9. The van der Waals surface area contributed by atoms with Crippen molar-refractivity contribution in [2.45, 2.75) is 32.1 Å². The van der Waals surface area contributed by atoms with E-state index in [-0.39, 0.29) is 53.1 Å². The molecule has 6 rings (SSSR count). The fraction of sp³-hybridized carbons (Fsp3) is 0.219. The molecular weight excluding hydrogens is 575 g/mol. The minimum atomic E-state index is -0.702. The van der Waals surface area contributed by atoms with E-state index in [4.69, 9.17) is 19.5 Å². The molecular formula is C32H24F3N5O4. The Morgan fingerprint density at radius 2 is 1.89 bits per heavy atom. The molecule has 0 saturated carbocycles. The van der Waals surface area contributed by atoms with Crippen LogP contribution in [0.4, 0.5) is 13.2 Å². The third-order valence-corrected chi connectivity index (χ3v) is 7.33. The Bertz CT molecular complexity index is 1930. The standard InChI is InChI=1S/C32H24F3N5O4/c1-42-32(41)18-5-6-28-29(10-18)40(16-22-7-8-43-22)30(38-28)11-19-9-26(35)23(13-25(19)34)27-3-2-4-31(39-27)44-17-20-15-37-21(14-36)12-24(20)33/h2-6,9-10,12-13,15,22H,7-8,11,16-17H2,1H3/t22-/m0/s1. The smallest absolute Gasteiger partial charge is 0.337 e. The van der Waals surface area contributed by atoms with Crippen LogP contribution in [0, 0.1) is 28.8 Å². The van der Waals surface area contributed by atoms with E-state index in [1.165, 1.54) is 25.4 Å². The lowest BCUT2D eigenvalue weighted by molar-refractivity contribution is -0.0589. The van der Waals surface area contributed by atoms with Gasteiger partial charge < -0.3 is 18.8 Å². The van der Waals surface area contributed by atoms with E-state index in [0.29, 0.717) is 35.6 Å². The van der Waals surface area contributed by atoms with Gasteiger partial charge in [-0.05, 0) is 48.4 Å². The Morgan fingerprint density at radius 3 is 2.61 bits per heavy atom.